The number of H-pyrrole nitrogens is 1. The summed E-state index contributed by atoms with van der Waals surface area (Å²) < 4.78 is 0. The second kappa shape index (κ2) is 5.17. The number of hydrogen-bond acceptors (Lipinski definition) is 4. The molecule has 0 bridgehead atoms. The topological polar surface area (TPSA) is 78.0 Å². The lowest BCUT2D eigenvalue weighted by Gasteiger charge is -2.31. The molecule has 2 heterocycles. The summed E-state index contributed by atoms with van der Waals surface area (Å²) in [6, 6.07) is 0. The Labute approximate surface area is 116 Å². The summed E-state index contributed by atoms with van der Waals surface area (Å²) >= 11 is 1.86. The van der Waals surface area contributed by atoms with Crippen LogP contribution < -0.4 is 5.32 Å². The summed E-state index contributed by atoms with van der Waals surface area (Å²) in [6.07, 6.45) is 4.49. The van der Waals surface area contributed by atoms with Gasteiger partial charge in [0.25, 0.3) is 5.91 Å². The zero-order chi connectivity index (χ0) is 13.3. The number of rotatable bonds is 3. The molecule has 104 valence electrons. The van der Waals surface area contributed by atoms with E-state index in [0.29, 0.717) is 12.2 Å². The fraction of sp³-hybridized carbons (Fsp3) is 0.692. The van der Waals surface area contributed by atoms with Crippen molar-refractivity contribution in [2.24, 2.45) is 0 Å². The molecule has 3 N–H and O–H groups in total. The van der Waals surface area contributed by atoms with Gasteiger partial charge in [-0.3, -0.25) is 9.89 Å². The third-order valence-corrected chi connectivity index (χ3v) is 5.01. The van der Waals surface area contributed by atoms with Gasteiger partial charge in [0.1, 0.15) is 0 Å². The van der Waals surface area contributed by atoms with Gasteiger partial charge in [0.05, 0.1) is 5.60 Å². The largest absolute Gasteiger partial charge is 0.388 e. The fourth-order valence-electron chi connectivity index (χ4n) is 2.76. The van der Waals surface area contributed by atoms with E-state index < -0.39 is 5.60 Å². The summed E-state index contributed by atoms with van der Waals surface area (Å²) in [5.41, 5.74) is 1.93. The molecule has 1 saturated heterocycles. The molecule has 0 unspecified atom stereocenters. The van der Waals surface area contributed by atoms with Gasteiger partial charge in [0, 0.05) is 17.8 Å². The van der Waals surface area contributed by atoms with E-state index in [-0.39, 0.29) is 5.91 Å². The number of nitrogens with zero attached hydrogens (tertiary/aromatic N) is 1. The normalized spacial score (nSPS) is 21.1. The number of aromatic nitrogens is 2. The average molecular weight is 281 g/mol. The highest BCUT2D eigenvalue weighted by Crippen LogP contribution is 2.26. The van der Waals surface area contributed by atoms with E-state index >= 15 is 0 Å². The van der Waals surface area contributed by atoms with Crippen molar-refractivity contribution in [3.05, 3.63) is 17.0 Å². The molecule has 0 aromatic carbocycles. The lowest BCUT2D eigenvalue weighted by molar-refractivity contribution is 0.0310. The number of amides is 1. The molecule has 1 aliphatic heterocycles. The van der Waals surface area contributed by atoms with E-state index in [2.05, 4.69) is 15.5 Å². The smallest absolute Gasteiger partial charge is 0.272 e. The number of carbonyl (C=O) groups excluding carboxylic acids is 1. The van der Waals surface area contributed by atoms with Crippen LogP contribution in [0, 0.1) is 0 Å². The number of hydrogen-bond donors (Lipinski definition) is 3. The Morgan fingerprint density at radius 3 is 3.00 bits per heavy atom. The van der Waals surface area contributed by atoms with Crippen molar-refractivity contribution in [2.45, 2.75) is 37.7 Å². The predicted octanol–water partition coefficient (Wildman–Crippen LogP) is 0.886. The van der Waals surface area contributed by atoms with Crippen LogP contribution in [0.15, 0.2) is 0 Å². The first-order valence-electron chi connectivity index (χ1n) is 6.82. The van der Waals surface area contributed by atoms with Crippen molar-refractivity contribution >= 4 is 17.7 Å². The van der Waals surface area contributed by atoms with Crippen LogP contribution >= 0.6 is 11.8 Å². The van der Waals surface area contributed by atoms with Gasteiger partial charge >= 0.3 is 0 Å². The van der Waals surface area contributed by atoms with Gasteiger partial charge in [-0.25, -0.2) is 0 Å². The minimum absolute atomic E-state index is 0.161. The van der Waals surface area contributed by atoms with Gasteiger partial charge in [-0.05, 0) is 43.6 Å². The highest BCUT2D eigenvalue weighted by atomic mass is 32.2. The van der Waals surface area contributed by atoms with E-state index in [1.807, 2.05) is 11.8 Å². The van der Waals surface area contributed by atoms with Gasteiger partial charge in [-0.2, -0.15) is 16.9 Å². The van der Waals surface area contributed by atoms with Crippen LogP contribution in [-0.2, 0) is 12.8 Å². The minimum Gasteiger partial charge on any atom is -0.388 e. The molecule has 1 amide bonds. The standard InChI is InChI=1S/C13H19N3O2S/c17-12(11-9-2-1-3-10(9)15-16-11)14-8-13(18)4-6-19-7-5-13/h18H,1-8H2,(H,14,17)(H,15,16). The molecular weight excluding hydrogens is 262 g/mol. The number of carbonyl (C=O) groups is 1. The lowest BCUT2D eigenvalue weighted by Crippen LogP contribution is -2.45. The van der Waals surface area contributed by atoms with Crippen molar-refractivity contribution in [1.29, 1.82) is 0 Å². The van der Waals surface area contributed by atoms with E-state index in [1.54, 1.807) is 0 Å². The fourth-order valence-corrected chi connectivity index (χ4v) is 4.02. The Hall–Kier alpha value is -1.01. The van der Waals surface area contributed by atoms with E-state index in [1.165, 1.54) is 0 Å². The number of aryl methyl sites for hydroxylation is 1. The van der Waals surface area contributed by atoms with Crippen molar-refractivity contribution < 1.29 is 9.90 Å². The molecule has 0 radical (unpaired) electrons. The third kappa shape index (κ3) is 2.65. The molecule has 6 heteroatoms. The molecule has 1 fully saturated rings. The van der Waals surface area contributed by atoms with E-state index in [9.17, 15) is 9.90 Å². The minimum atomic E-state index is -0.736. The first-order valence-corrected chi connectivity index (χ1v) is 7.98. The summed E-state index contributed by atoms with van der Waals surface area (Å²) in [6.45, 7) is 0.327. The SMILES string of the molecule is O=C(NCC1(O)CCSCC1)c1n[nH]c2c1CCC2. The molecule has 1 aromatic rings. The molecular formula is C13H19N3O2S. The number of aliphatic hydroxyl groups is 1. The molecule has 2 aliphatic rings. The van der Waals surface area contributed by atoms with Crippen LogP contribution in [0.3, 0.4) is 0 Å². The van der Waals surface area contributed by atoms with Crippen molar-refractivity contribution in [2.75, 3.05) is 18.1 Å². The van der Waals surface area contributed by atoms with E-state index in [0.717, 1.165) is 54.9 Å². The quantitative estimate of drug-likeness (QED) is 0.769. The van der Waals surface area contributed by atoms with Gasteiger partial charge < -0.3 is 10.4 Å². The molecule has 0 spiro atoms. The van der Waals surface area contributed by atoms with Crippen molar-refractivity contribution in [3.63, 3.8) is 0 Å². The summed E-state index contributed by atoms with van der Waals surface area (Å²) in [5.74, 6) is 1.76. The lowest BCUT2D eigenvalue weighted by atomic mass is 9.97. The maximum Gasteiger partial charge on any atom is 0.272 e. The van der Waals surface area contributed by atoms with Crippen LogP contribution in [0.1, 0.15) is 41.0 Å². The summed E-state index contributed by atoms with van der Waals surface area (Å²) in [7, 11) is 0. The van der Waals surface area contributed by atoms with Gasteiger partial charge in [-0.1, -0.05) is 0 Å². The maximum absolute atomic E-state index is 12.1. The summed E-state index contributed by atoms with van der Waals surface area (Å²) in [4.78, 5) is 12.1. The first kappa shape index (κ1) is 13.0. The molecule has 0 atom stereocenters. The van der Waals surface area contributed by atoms with Gasteiger partial charge in [0.2, 0.25) is 0 Å². The number of aromatic amines is 1. The van der Waals surface area contributed by atoms with Crippen molar-refractivity contribution in [1.82, 2.24) is 15.5 Å². The van der Waals surface area contributed by atoms with Crippen LogP contribution in [0.4, 0.5) is 0 Å². The highest BCUT2D eigenvalue weighted by Gasteiger charge is 2.31. The Balaban J connectivity index is 1.62. The van der Waals surface area contributed by atoms with Crippen molar-refractivity contribution in [3.8, 4) is 0 Å². The molecule has 1 aromatic heterocycles. The molecule has 19 heavy (non-hydrogen) atoms. The Bertz CT molecular complexity index is 480. The second-order valence-corrected chi connectivity index (χ2v) is 6.63. The molecule has 1 aliphatic carbocycles. The van der Waals surface area contributed by atoms with Crippen LogP contribution in [-0.4, -0.2) is 44.9 Å². The zero-order valence-corrected chi connectivity index (χ0v) is 11.7. The third-order valence-electron chi connectivity index (χ3n) is 4.02. The Morgan fingerprint density at radius 2 is 2.21 bits per heavy atom. The zero-order valence-electron chi connectivity index (χ0n) is 10.9. The molecule has 0 saturated carbocycles. The van der Waals surface area contributed by atoms with Crippen LogP contribution in [0.2, 0.25) is 0 Å². The monoisotopic (exact) mass is 281 g/mol. The number of nitrogens with one attached hydrogen (secondary N) is 2. The predicted molar refractivity (Wildman–Crippen MR) is 74.5 cm³/mol. The molecule has 3 rings (SSSR count). The van der Waals surface area contributed by atoms with Crippen LogP contribution in [0.25, 0.3) is 0 Å². The van der Waals surface area contributed by atoms with Gasteiger partial charge in [-0.15, -0.1) is 0 Å². The van der Waals surface area contributed by atoms with E-state index in [4.69, 9.17) is 0 Å². The maximum atomic E-state index is 12.1. The Morgan fingerprint density at radius 1 is 1.42 bits per heavy atom. The number of thioether (sulfide) groups is 1. The molecule has 5 nitrogen and oxygen atoms in total. The highest BCUT2D eigenvalue weighted by molar-refractivity contribution is 7.99. The second-order valence-electron chi connectivity index (χ2n) is 5.40. The van der Waals surface area contributed by atoms with Crippen LogP contribution in [0.5, 0.6) is 0 Å². The summed E-state index contributed by atoms with van der Waals surface area (Å²) in [5, 5.41) is 20.2. The average Bonchev–Trinajstić information content (AvgIpc) is 2.99. The first-order chi connectivity index (χ1) is 9.18. The number of fused-ring (bicyclic) bond motifs is 1. The Kier molecular flexibility index (Phi) is 3.54. The van der Waals surface area contributed by atoms with Gasteiger partial charge in [0.15, 0.2) is 5.69 Å².